The van der Waals surface area contributed by atoms with E-state index in [1.807, 2.05) is 12.1 Å². The normalized spacial score (nSPS) is 9.79. The maximum absolute atomic E-state index is 11.5. The quantitative estimate of drug-likeness (QED) is 0.680. The Bertz CT molecular complexity index is 363. The summed E-state index contributed by atoms with van der Waals surface area (Å²) in [5.41, 5.74) is 5.59. The molecule has 1 amide bonds. The highest BCUT2D eigenvalue weighted by molar-refractivity contribution is 14.1. The largest absolute Gasteiger partial charge is 0.370 e. The minimum Gasteiger partial charge on any atom is -0.370 e. The molecule has 4 heteroatoms. The fourth-order valence-electron chi connectivity index (χ4n) is 1.04. The molecular formula is C10H10INO2. The van der Waals surface area contributed by atoms with Crippen molar-refractivity contribution < 1.29 is 9.59 Å². The van der Waals surface area contributed by atoms with Gasteiger partial charge < -0.3 is 5.73 Å². The van der Waals surface area contributed by atoms with Crippen LogP contribution in [-0.2, 0) is 4.79 Å². The molecule has 0 unspecified atom stereocenters. The van der Waals surface area contributed by atoms with E-state index in [0.717, 1.165) is 3.57 Å². The van der Waals surface area contributed by atoms with Crippen molar-refractivity contribution in [2.45, 2.75) is 12.8 Å². The molecule has 1 rings (SSSR count). The lowest BCUT2D eigenvalue weighted by Gasteiger charge is -1.99. The Kier molecular flexibility index (Phi) is 4.06. The number of hydrogen-bond donors (Lipinski definition) is 1. The molecule has 0 radical (unpaired) electrons. The second-order valence-electron chi connectivity index (χ2n) is 2.90. The highest BCUT2D eigenvalue weighted by Gasteiger charge is 2.07. The maximum Gasteiger partial charge on any atom is 0.217 e. The second kappa shape index (κ2) is 5.09. The van der Waals surface area contributed by atoms with Crippen molar-refractivity contribution in [3.63, 3.8) is 0 Å². The van der Waals surface area contributed by atoms with Crippen molar-refractivity contribution in [2.75, 3.05) is 0 Å². The number of carbonyl (C=O) groups excluding carboxylic acids is 2. The van der Waals surface area contributed by atoms with Crippen molar-refractivity contribution in [3.8, 4) is 0 Å². The van der Waals surface area contributed by atoms with Gasteiger partial charge >= 0.3 is 0 Å². The summed E-state index contributed by atoms with van der Waals surface area (Å²) in [5.74, 6) is -0.480. The molecule has 0 bridgehead atoms. The summed E-state index contributed by atoms with van der Waals surface area (Å²) in [7, 11) is 0. The molecule has 0 heterocycles. The Hall–Kier alpha value is -0.910. The van der Waals surface area contributed by atoms with Gasteiger partial charge in [0.1, 0.15) is 0 Å². The number of ketones is 1. The minimum absolute atomic E-state index is 0.0395. The second-order valence-corrected chi connectivity index (χ2v) is 4.15. The van der Waals surface area contributed by atoms with Crippen molar-refractivity contribution in [3.05, 3.63) is 33.4 Å². The maximum atomic E-state index is 11.5. The molecule has 1 aromatic carbocycles. The van der Waals surface area contributed by atoms with E-state index in [0.29, 0.717) is 5.56 Å². The highest BCUT2D eigenvalue weighted by Crippen LogP contribution is 2.10. The van der Waals surface area contributed by atoms with Gasteiger partial charge in [0, 0.05) is 22.0 Å². The van der Waals surface area contributed by atoms with Crippen LogP contribution >= 0.6 is 22.6 Å². The number of hydrogen-bond acceptors (Lipinski definition) is 2. The van der Waals surface area contributed by atoms with Crippen molar-refractivity contribution >= 4 is 34.3 Å². The predicted molar refractivity (Wildman–Crippen MR) is 61.9 cm³/mol. The molecule has 0 aliphatic carbocycles. The molecule has 0 aromatic heterocycles. The van der Waals surface area contributed by atoms with Crippen molar-refractivity contribution in [1.82, 2.24) is 0 Å². The Morgan fingerprint density at radius 2 is 2.00 bits per heavy atom. The van der Waals surface area contributed by atoms with E-state index in [9.17, 15) is 9.59 Å². The standard InChI is InChI=1S/C10H10INO2/c11-8-3-1-2-7(6-8)9(13)4-5-10(12)14/h1-3,6H,4-5H2,(H2,12,14)/i11-2. The SMILES string of the molecule is NC(=O)CCC(=O)c1cccc([125I])c1. The number of rotatable bonds is 4. The summed E-state index contributed by atoms with van der Waals surface area (Å²) in [5, 5.41) is 0. The Morgan fingerprint density at radius 1 is 1.29 bits per heavy atom. The van der Waals surface area contributed by atoms with Gasteiger partial charge in [0.2, 0.25) is 5.91 Å². The van der Waals surface area contributed by atoms with E-state index >= 15 is 0 Å². The number of Topliss-reactive ketones (excluding diaryl/α,β-unsaturated/α-hetero) is 1. The van der Waals surface area contributed by atoms with Crippen LogP contribution in [0.4, 0.5) is 0 Å². The van der Waals surface area contributed by atoms with Gasteiger partial charge in [-0.15, -0.1) is 0 Å². The third-order valence-corrected chi connectivity index (χ3v) is 2.42. The molecule has 74 valence electrons. The van der Waals surface area contributed by atoms with Crippen LogP contribution in [0, 0.1) is 3.57 Å². The van der Waals surface area contributed by atoms with Gasteiger partial charge in [-0.05, 0) is 34.7 Å². The number of benzene rings is 1. The number of primary amides is 1. The first-order valence-corrected chi connectivity index (χ1v) is 5.24. The van der Waals surface area contributed by atoms with Crippen LogP contribution in [0.15, 0.2) is 24.3 Å². The summed E-state index contributed by atoms with van der Waals surface area (Å²) in [4.78, 5) is 22.0. The molecule has 0 atom stereocenters. The number of carbonyl (C=O) groups is 2. The van der Waals surface area contributed by atoms with E-state index in [4.69, 9.17) is 5.73 Å². The lowest BCUT2D eigenvalue weighted by molar-refractivity contribution is -0.117. The smallest absolute Gasteiger partial charge is 0.217 e. The van der Waals surface area contributed by atoms with Gasteiger partial charge in [-0.25, -0.2) is 0 Å². The van der Waals surface area contributed by atoms with Crippen LogP contribution < -0.4 is 5.73 Å². The summed E-state index contributed by atoms with van der Waals surface area (Å²) < 4.78 is 1.01. The number of amides is 1. The van der Waals surface area contributed by atoms with Gasteiger partial charge in [-0.2, -0.15) is 0 Å². The van der Waals surface area contributed by atoms with Gasteiger partial charge in [0.05, 0.1) is 0 Å². The lowest BCUT2D eigenvalue weighted by Crippen LogP contribution is -2.12. The summed E-state index contributed by atoms with van der Waals surface area (Å²) >= 11 is 2.14. The third-order valence-electron chi connectivity index (χ3n) is 1.75. The first-order valence-electron chi connectivity index (χ1n) is 4.16. The Morgan fingerprint density at radius 3 is 2.57 bits per heavy atom. The molecular weight excluding hydrogens is 291 g/mol. The molecule has 14 heavy (non-hydrogen) atoms. The average Bonchev–Trinajstić information content (AvgIpc) is 2.14. The highest BCUT2D eigenvalue weighted by atomic mass is 125. The van der Waals surface area contributed by atoms with E-state index in [1.54, 1.807) is 12.1 Å². The van der Waals surface area contributed by atoms with E-state index < -0.39 is 5.91 Å². The first-order chi connectivity index (χ1) is 6.59. The molecule has 0 aliphatic heterocycles. The Balaban J connectivity index is 2.65. The van der Waals surface area contributed by atoms with Crippen molar-refractivity contribution in [2.24, 2.45) is 5.73 Å². The van der Waals surface area contributed by atoms with E-state index in [-0.39, 0.29) is 18.6 Å². The van der Waals surface area contributed by atoms with Gasteiger partial charge in [-0.3, -0.25) is 9.59 Å². The molecule has 3 nitrogen and oxygen atoms in total. The van der Waals surface area contributed by atoms with E-state index in [1.165, 1.54) is 0 Å². The molecule has 1 aromatic rings. The zero-order valence-corrected chi connectivity index (χ0v) is 9.65. The van der Waals surface area contributed by atoms with Gasteiger partial charge in [0.25, 0.3) is 0 Å². The molecule has 0 aliphatic rings. The van der Waals surface area contributed by atoms with Crippen LogP contribution in [0.1, 0.15) is 23.2 Å². The average molecular weight is 301 g/mol. The molecule has 0 spiro atoms. The molecule has 0 saturated heterocycles. The summed E-state index contributed by atoms with van der Waals surface area (Å²) in [6.45, 7) is 0. The summed E-state index contributed by atoms with van der Waals surface area (Å²) in [6.07, 6.45) is 0.305. The number of halogens is 1. The predicted octanol–water partition coefficient (Wildman–Crippen LogP) is 1.74. The third kappa shape index (κ3) is 3.45. The van der Waals surface area contributed by atoms with Crippen LogP contribution in [0.25, 0.3) is 0 Å². The lowest BCUT2D eigenvalue weighted by atomic mass is 10.1. The molecule has 2 N–H and O–H groups in total. The number of nitrogens with two attached hydrogens (primary N) is 1. The van der Waals surface area contributed by atoms with Crippen LogP contribution in [0.5, 0.6) is 0 Å². The van der Waals surface area contributed by atoms with Crippen molar-refractivity contribution in [1.29, 1.82) is 0 Å². The monoisotopic (exact) mass is 301 g/mol. The van der Waals surface area contributed by atoms with Crippen LogP contribution in [-0.4, -0.2) is 11.7 Å². The Labute approximate surface area is 95.8 Å². The van der Waals surface area contributed by atoms with Crippen LogP contribution in [0.3, 0.4) is 0 Å². The topological polar surface area (TPSA) is 60.2 Å². The minimum atomic E-state index is -0.441. The van der Waals surface area contributed by atoms with Gasteiger partial charge in [0.15, 0.2) is 5.78 Å². The first kappa shape index (κ1) is 11.2. The zero-order valence-electron chi connectivity index (χ0n) is 7.50. The molecule has 0 saturated carbocycles. The zero-order chi connectivity index (χ0) is 10.6. The fraction of sp³-hybridized carbons (Fsp3) is 0.200. The fourth-order valence-corrected chi connectivity index (χ4v) is 1.59. The summed E-state index contributed by atoms with van der Waals surface area (Å²) in [6, 6.07) is 7.26. The van der Waals surface area contributed by atoms with E-state index in [2.05, 4.69) is 22.6 Å². The molecule has 0 fully saturated rings. The van der Waals surface area contributed by atoms with Gasteiger partial charge in [-0.1, -0.05) is 12.1 Å². The van der Waals surface area contributed by atoms with Crippen LogP contribution in [0.2, 0.25) is 0 Å².